The molecule has 0 unspecified atom stereocenters. The molecule has 4 heterocycles. The Morgan fingerprint density at radius 3 is 2.42 bits per heavy atom. The molecule has 0 amide bonds. The molecule has 0 radical (unpaired) electrons. The average Bonchev–Trinajstić information content (AvgIpc) is 3.28. The number of rotatable bonds is 6. The maximum Gasteiger partial charge on any atom is 0.141 e. The van der Waals surface area contributed by atoms with Gasteiger partial charge in [0.15, 0.2) is 0 Å². The van der Waals surface area contributed by atoms with Crippen molar-refractivity contribution in [3.63, 3.8) is 0 Å². The summed E-state index contributed by atoms with van der Waals surface area (Å²) in [5.41, 5.74) is 5.01. The molecule has 7 nitrogen and oxygen atoms in total. The molecule has 1 aliphatic rings. The quantitative estimate of drug-likeness (QED) is 0.422. The van der Waals surface area contributed by atoms with Crippen LogP contribution >= 0.6 is 11.6 Å². The Bertz CT molecular complexity index is 1250. The molecule has 0 N–H and O–H groups in total. The third kappa shape index (κ3) is 4.47. The maximum absolute atomic E-state index is 6.37. The van der Waals surface area contributed by atoms with Crippen LogP contribution in [0.1, 0.15) is 5.56 Å². The minimum atomic E-state index is 0.524. The number of pyridine rings is 2. The summed E-state index contributed by atoms with van der Waals surface area (Å²) in [6.07, 6.45) is 7.76. The summed E-state index contributed by atoms with van der Waals surface area (Å²) in [4.78, 5) is 13.9. The number of aromatic nitrogens is 3. The van der Waals surface area contributed by atoms with Crippen molar-refractivity contribution in [2.75, 3.05) is 45.3 Å². The number of ether oxygens (including phenoxy) is 2. The fourth-order valence-electron chi connectivity index (χ4n) is 4.27. The Morgan fingerprint density at radius 2 is 1.70 bits per heavy atom. The Balaban J connectivity index is 1.34. The first-order valence-electron chi connectivity index (χ1n) is 10.9. The number of fused-ring (bicyclic) bond motifs is 1. The van der Waals surface area contributed by atoms with Gasteiger partial charge >= 0.3 is 0 Å². The van der Waals surface area contributed by atoms with E-state index in [1.165, 1.54) is 11.3 Å². The normalized spacial score (nSPS) is 14.6. The number of methoxy groups -OCH3 is 2. The highest BCUT2D eigenvalue weighted by Gasteiger charge is 2.19. The van der Waals surface area contributed by atoms with Gasteiger partial charge in [-0.25, -0.2) is 4.98 Å². The number of hydrogen-bond acceptors (Lipinski definition) is 6. The third-order valence-electron chi connectivity index (χ3n) is 6.09. The molecule has 1 saturated heterocycles. The highest BCUT2D eigenvalue weighted by atomic mass is 35.5. The lowest BCUT2D eigenvalue weighted by atomic mass is 10.1. The van der Waals surface area contributed by atoms with Crippen LogP contribution in [-0.4, -0.2) is 59.7 Å². The zero-order valence-electron chi connectivity index (χ0n) is 18.7. The second-order valence-electron chi connectivity index (χ2n) is 8.08. The summed E-state index contributed by atoms with van der Waals surface area (Å²) in [5.74, 6) is 1.25. The van der Waals surface area contributed by atoms with Gasteiger partial charge in [-0.2, -0.15) is 0 Å². The van der Waals surface area contributed by atoms with Gasteiger partial charge in [-0.1, -0.05) is 11.6 Å². The van der Waals surface area contributed by atoms with Crippen LogP contribution in [-0.2, 0) is 6.54 Å². The summed E-state index contributed by atoms with van der Waals surface area (Å²) in [6, 6.07) is 12.1. The molecular formula is C25H26ClN5O2. The SMILES string of the molecule is COc1cc(OC)c(-c2cn3ccc(N4CCN(Cc5ccncc5)CC4)cc3n2)cc1Cl. The fourth-order valence-corrected chi connectivity index (χ4v) is 4.51. The van der Waals surface area contributed by atoms with Gasteiger partial charge in [0.25, 0.3) is 0 Å². The van der Waals surface area contributed by atoms with Gasteiger partial charge in [-0.3, -0.25) is 9.88 Å². The van der Waals surface area contributed by atoms with Crippen LogP contribution in [0.5, 0.6) is 11.5 Å². The van der Waals surface area contributed by atoms with Crippen LogP contribution in [0.25, 0.3) is 16.9 Å². The minimum Gasteiger partial charge on any atom is -0.496 e. The van der Waals surface area contributed by atoms with Crippen LogP contribution in [0, 0.1) is 0 Å². The van der Waals surface area contributed by atoms with Crippen molar-refractivity contribution < 1.29 is 9.47 Å². The summed E-state index contributed by atoms with van der Waals surface area (Å²) in [7, 11) is 3.22. The summed E-state index contributed by atoms with van der Waals surface area (Å²) in [5, 5.41) is 0.524. The van der Waals surface area contributed by atoms with Crippen molar-refractivity contribution in [3.8, 4) is 22.8 Å². The monoisotopic (exact) mass is 463 g/mol. The lowest BCUT2D eigenvalue weighted by Crippen LogP contribution is -2.46. The van der Waals surface area contributed by atoms with E-state index in [0.29, 0.717) is 16.5 Å². The Hall–Kier alpha value is -3.29. The van der Waals surface area contributed by atoms with E-state index in [2.05, 4.69) is 45.2 Å². The molecule has 170 valence electrons. The van der Waals surface area contributed by atoms with E-state index in [1.807, 2.05) is 29.1 Å². The first-order chi connectivity index (χ1) is 16.1. The number of imidazole rings is 1. The molecule has 3 aromatic heterocycles. The lowest BCUT2D eigenvalue weighted by Gasteiger charge is -2.36. The van der Waals surface area contributed by atoms with Crippen LogP contribution in [0.2, 0.25) is 5.02 Å². The van der Waals surface area contributed by atoms with E-state index in [9.17, 15) is 0 Å². The van der Waals surface area contributed by atoms with Gasteiger partial charge in [0.05, 0.1) is 24.9 Å². The molecular weight excluding hydrogens is 438 g/mol. The number of benzene rings is 1. The van der Waals surface area contributed by atoms with Gasteiger partial charge in [0, 0.05) is 80.9 Å². The summed E-state index contributed by atoms with van der Waals surface area (Å²) in [6.45, 7) is 4.97. The minimum absolute atomic E-state index is 0.524. The molecule has 0 bridgehead atoms. The van der Waals surface area contributed by atoms with Gasteiger partial charge in [0.2, 0.25) is 0 Å². The number of piperazine rings is 1. The van der Waals surface area contributed by atoms with Crippen molar-refractivity contribution in [3.05, 3.63) is 71.8 Å². The maximum atomic E-state index is 6.37. The molecule has 4 aromatic rings. The zero-order valence-corrected chi connectivity index (χ0v) is 19.5. The molecule has 33 heavy (non-hydrogen) atoms. The molecule has 8 heteroatoms. The zero-order chi connectivity index (χ0) is 22.8. The van der Waals surface area contributed by atoms with Crippen molar-refractivity contribution in [2.24, 2.45) is 0 Å². The fraction of sp³-hybridized carbons (Fsp3) is 0.280. The lowest BCUT2D eigenvalue weighted by molar-refractivity contribution is 0.250. The van der Waals surface area contributed by atoms with Gasteiger partial charge in [0.1, 0.15) is 17.1 Å². The molecule has 1 aromatic carbocycles. The second-order valence-corrected chi connectivity index (χ2v) is 8.49. The second kappa shape index (κ2) is 9.29. The number of hydrogen-bond donors (Lipinski definition) is 0. The molecule has 1 fully saturated rings. The first-order valence-corrected chi connectivity index (χ1v) is 11.3. The van der Waals surface area contributed by atoms with Gasteiger partial charge in [-0.15, -0.1) is 0 Å². The highest BCUT2D eigenvalue weighted by molar-refractivity contribution is 6.32. The van der Waals surface area contributed by atoms with E-state index in [4.69, 9.17) is 26.1 Å². The Labute approximate surface area is 198 Å². The van der Waals surface area contributed by atoms with E-state index in [0.717, 1.165) is 49.6 Å². The topological polar surface area (TPSA) is 55.1 Å². The van der Waals surface area contributed by atoms with E-state index < -0.39 is 0 Å². The molecule has 0 aliphatic carbocycles. The number of nitrogens with zero attached hydrogens (tertiary/aromatic N) is 5. The molecule has 0 saturated carbocycles. The molecule has 5 rings (SSSR count). The van der Waals surface area contributed by atoms with Crippen LogP contribution < -0.4 is 14.4 Å². The Morgan fingerprint density at radius 1 is 0.939 bits per heavy atom. The highest BCUT2D eigenvalue weighted by Crippen LogP contribution is 2.38. The van der Waals surface area contributed by atoms with Crippen LogP contribution in [0.15, 0.2) is 61.2 Å². The van der Waals surface area contributed by atoms with Crippen molar-refractivity contribution in [1.82, 2.24) is 19.3 Å². The average molecular weight is 464 g/mol. The van der Waals surface area contributed by atoms with Crippen LogP contribution in [0.3, 0.4) is 0 Å². The number of halogens is 1. The van der Waals surface area contributed by atoms with Crippen molar-refractivity contribution in [2.45, 2.75) is 6.54 Å². The molecule has 0 spiro atoms. The first kappa shape index (κ1) is 21.6. The van der Waals surface area contributed by atoms with E-state index in [1.54, 1.807) is 20.3 Å². The summed E-state index contributed by atoms with van der Waals surface area (Å²) >= 11 is 6.37. The number of anilines is 1. The van der Waals surface area contributed by atoms with Crippen molar-refractivity contribution >= 4 is 22.9 Å². The molecule has 1 aliphatic heterocycles. The third-order valence-corrected chi connectivity index (χ3v) is 6.38. The standard InChI is InChI=1S/C25H26ClN5O2/c1-32-23-15-24(33-2)21(26)14-20(23)22-17-31-8-5-19(13-25(31)28-22)30-11-9-29(10-12-30)16-18-3-6-27-7-4-18/h3-8,13-15,17H,9-12,16H2,1-2H3. The summed E-state index contributed by atoms with van der Waals surface area (Å²) < 4.78 is 12.9. The van der Waals surface area contributed by atoms with Gasteiger partial charge < -0.3 is 18.8 Å². The predicted octanol–water partition coefficient (Wildman–Crippen LogP) is 4.39. The molecule has 0 atom stereocenters. The largest absolute Gasteiger partial charge is 0.496 e. The van der Waals surface area contributed by atoms with Crippen molar-refractivity contribution in [1.29, 1.82) is 0 Å². The smallest absolute Gasteiger partial charge is 0.141 e. The van der Waals surface area contributed by atoms with E-state index >= 15 is 0 Å². The Kier molecular flexibility index (Phi) is 6.07. The predicted molar refractivity (Wildman–Crippen MR) is 130 cm³/mol. The van der Waals surface area contributed by atoms with Gasteiger partial charge in [-0.05, 0) is 29.8 Å². The van der Waals surface area contributed by atoms with Crippen LogP contribution in [0.4, 0.5) is 5.69 Å². The van der Waals surface area contributed by atoms with E-state index in [-0.39, 0.29) is 0 Å².